The van der Waals surface area contributed by atoms with Gasteiger partial charge in [0.25, 0.3) is 0 Å². The molecule has 2 N–H and O–H groups in total. The van der Waals surface area contributed by atoms with Crippen molar-refractivity contribution in [3.05, 3.63) is 30.3 Å². The summed E-state index contributed by atoms with van der Waals surface area (Å²) >= 11 is 0. The zero-order valence-corrected chi connectivity index (χ0v) is 7.53. The Labute approximate surface area is 77.4 Å². The van der Waals surface area contributed by atoms with Gasteiger partial charge in [-0.3, -0.25) is 4.79 Å². The van der Waals surface area contributed by atoms with E-state index in [1.807, 2.05) is 30.3 Å². The summed E-state index contributed by atoms with van der Waals surface area (Å²) < 4.78 is 0. The Morgan fingerprint density at radius 1 is 1.46 bits per heavy atom. The summed E-state index contributed by atoms with van der Waals surface area (Å²) in [5.41, 5.74) is 0.954. The van der Waals surface area contributed by atoms with Crippen LogP contribution in [0.2, 0.25) is 0 Å². The fraction of sp³-hybridized carbons (Fsp3) is 0.300. The smallest absolute Gasteiger partial charge is 0.308 e. The third kappa shape index (κ3) is 3.15. The van der Waals surface area contributed by atoms with Crippen LogP contribution in [0.5, 0.6) is 0 Å². The highest BCUT2D eigenvalue weighted by Crippen LogP contribution is 2.06. The first-order valence-electron chi connectivity index (χ1n) is 4.22. The fourth-order valence-corrected chi connectivity index (χ4v) is 0.914. The van der Waals surface area contributed by atoms with Crippen molar-refractivity contribution in [2.75, 3.05) is 11.9 Å². The second-order valence-electron chi connectivity index (χ2n) is 2.99. The molecule has 3 nitrogen and oxygen atoms in total. The summed E-state index contributed by atoms with van der Waals surface area (Å²) in [5.74, 6) is -1.14. The lowest BCUT2D eigenvalue weighted by Crippen LogP contribution is -2.19. The average molecular weight is 179 g/mol. The second-order valence-corrected chi connectivity index (χ2v) is 2.99. The SMILES string of the molecule is C[C@@H](CNc1ccccc1)C(=O)O. The summed E-state index contributed by atoms with van der Waals surface area (Å²) in [4.78, 5) is 10.5. The van der Waals surface area contributed by atoms with Crippen molar-refractivity contribution < 1.29 is 9.90 Å². The van der Waals surface area contributed by atoms with Gasteiger partial charge in [-0.15, -0.1) is 0 Å². The van der Waals surface area contributed by atoms with Gasteiger partial charge < -0.3 is 10.4 Å². The molecule has 1 rings (SSSR count). The van der Waals surface area contributed by atoms with Crippen LogP contribution in [0.15, 0.2) is 30.3 Å². The molecule has 13 heavy (non-hydrogen) atoms. The van der Waals surface area contributed by atoms with E-state index in [1.165, 1.54) is 0 Å². The fourth-order valence-electron chi connectivity index (χ4n) is 0.914. The van der Waals surface area contributed by atoms with Gasteiger partial charge in [-0.2, -0.15) is 0 Å². The van der Waals surface area contributed by atoms with Crippen LogP contribution in [0, 0.1) is 5.92 Å². The van der Waals surface area contributed by atoms with Crippen LogP contribution in [0.1, 0.15) is 6.92 Å². The predicted octanol–water partition coefficient (Wildman–Crippen LogP) is 1.82. The molecule has 0 spiro atoms. The first-order valence-corrected chi connectivity index (χ1v) is 4.22. The molecular formula is C10H13NO2. The molecule has 0 amide bonds. The molecule has 70 valence electrons. The molecule has 0 saturated heterocycles. The molecule has 0 aliphatic rings. The number of benzene rings is 1. The van der Waals surface area contributed by atoms with E-state index >= 15 is 0 Å². The summed E-state index contributed by atoms with van der Waals surface area (Å²) in [6, 6.07) is 9.57. The lowest BCUT2D eigenvalue weighted by Gasteiger charge is -2.08. The highest BCUT2D eigenvalue weighted by molar-refractivity contribution is 5.70. The Morgan fingerprint density at radius 2 is 2.08 bits per heavy atom. The average Bonchev–Trinajstić information content (AvgIpc) is 2.15. The van der Waals surface area contributed by atoms with Gasteiger partial charge in [-0.25, -0.2) is 0 Å². The topological polar surface area (TPSA) is 49.3 Å². The number of aliphatic carboxylic acids is 1. The molecule has 0 heterocycles. The van der Waals surface area contributed by atoms with Gasteiger partial charge in [0.05, 0.1) is 5.92 Å². The number of rotatable bonds is 4. The maximum atomic E-state index is 10.5. The van der Waals surface area contributed by atoms with Crippen molar-refractivity contribution in [1.82, 2.24) is 0 Å². The maximum Gasteiger partial charge on any atom is 0.308 e. The van der Waals surface area contributed by atoms with Crippen LogP contribution >= 0.6 is 0 Å². The molecule has 0 aromatic heterocycles. The van der Waals surface area contributed by atoms with Crippen molar-refractivity contribution in [2.24, 2.45) is 5.92 Å². The molecule has 0 aliphatic carbocycles. The van der Waals surface area contributed by atoms with Gasteiger partial charge in [-0.05, 0) is 12.1 Å². The minimum absolute atomic E-state index is 0.361. The number of anilines is 1. The number of carboxylic acid groups (broad SMARTS) is 1. The molecule has 0 unspecified atom stereocenters. The molecule has 3 heteroatoms. The largest absolute Gasteiger partial charge is 0.481 e. The van der Waals surface area contributed by atoms with Crippen molar-refractivity contribution >= 4 is 11.7 Å². The molecule has 1 aromatic carbocycles. The minimum atomic E-state index is -0.775. The Balaban J connectivity index is 2.39. The van der Waals surface area contributed by atoms with Crippen molar-refractivity contribution in [3.8, 4) is 0 Å². The van der Waals surface area contributed by atoms with E-state index in [-0.39, 0.29) is 5.92 Å². The van der Waals surface area contributed by atoms with E-state index < -0.39 is 5.97 Å². The summed E-state index contributed by atoms with van der Waals surface area (Å²) in [6.45, 7) is 2.14. The van der Waals surface area contributed by atoms with E-state index in [0.29, 0.717) is 6.54 Å². The van der Waals surface area contributed by atoms with Crippen LogP contribution < -0.4 is 5.32 Å². The molecule has 0 fully saturated rings. The van der Waals surface area contributed by atoms with Crippen molar-refractivity contribution in [2.45, 2.75) is 6.92 Å². The Hall–Kier alpha value is -1.51. The van der Waals surface area contributed by atoms with Gasteiger partial charge >= 0.3 is 5.97 Å². The van der Waals surface area contributed by atoms with Crippen molar-refractivity contribution in [1.29, 1.82) is 0 Å². The number of para-hydroxylation sites is 1. The summed E-state index contributed by atoms with van der Waals surface area (Å²) in [5, 5.41) is 11.7. The molecular weight excluding hydrogens is 166 g/mol. The van der Waals surface area contributed by atoms with E-state index in [9.17, 15) is 4.79 Å². The normalized spacial score (nSPS) is 12.1. The zero-order valence-electron chi connectivity index (χ0n) is 7.53. The highest BCUT2D eigenvalue weighted by atomic mass is 16.4. The van der Waals surface area contributed by atoms with Gasteiger partial charge in [0, 0.05) is 12.2 Å². The Morgan fingerprint density at radius 3 is 2.62 bits per heavy atom. The lowest BCUT2D eigenvalue weighted by molar-refractivity contribution is -0.140. The summed E-state index contributed by atoms with van der Waals surface area (Å²) in [6.07, 6.45) is 0. The van der Waals surface area contributed by atoms with Crippen LogP contribution in [-0.4, -0.2) is 17.6 Å². The van der Waals surface area contributed by atoms with Crippen LogP contribution in [0.4, 0.5) is 5.69 Å². The van der Waals surface area contributed by atoms with E-state index in [4.69, 9.17) is 5.11 Å². The third-order valence-corrected chi connectivity index (χ3v) is 1.81. The zero-order chi connectivity index (χ0) is 9.68. The first-order chi connectivity index (χ1) is 6.20. The first kappa shape index (κ1) is 9.58. The van der Waals surface area contributed by atoms with Crippen molar-refractivity contribution in [3.63, 3.8) is 0 Å². The molecule has 0 bridgehead atoms. The van der Waals surface area contributed by atoms with E-state index in [1.54, 1.807) is 6.92 Å². The summed E-state index contributed by atoms with van der Waals surface area (Å²) in [7, 11) is 0. The number of nitrogens with one attached hydrogen (secondary N) is 1. The number of carbonyl (C=O) groups is 1. The quantitative estimate of drug-likeness (QED) is 0.741. The van der Waals surface area contributed by atoms with Gasteiger partial charge in [0.2, 0.25) is 0 Å². The molecule has 0 saturated carbocycles. The lowest BCUT2D eigenvalue weighted by atomic mass is 10.2. The monoisotopic (exact) mass is 179 g/mol. The highest BCUT2D eigenvalue weighted by Gasteiger charge is 2.09. The number of carboxylic acids is 1. The minimum Gasteiger partial charge on any atom is -0.481 e. The number of hydrogen-bond acceptors (Lipinski definition) is 2. The van der Waals surface area contributed by atoms with Crippen LogP contribution in [0.25, 0.3) is 0 Å². The standard InChI is InChI=1S/C10H13NO2/c1-8(10(12)13)7-11-9-5-3-2-4-6-9/h2-6,8,11H,7H2,1H3,(H,12,13)/t8-/m0/s1. The predicted molar refractivity (Wildman–Crippen MR) is 51.7 cm³/mol. The van der Waals surface area contributed by atoms with E-state index in [0.717, 1.165) is 5.69 Å². The van der Waals surface area contributed by atoms with Gasteiger partial charge in [0.1, 0.15) is 0 Å². The van der Waals surface area contributed by atoms with Crippen LogP contribution in [0.3, 0.4) is 0 Å². The Kier molecular flexibility index (Phi) is 3.31. The number of hydrogen-bond donors (Lipinski definition) is 2. The molecule has 0 aliphatic heterocycles. The molecule has 1 aromatic rings. The van der Waals surface area contributed by atoms with Gasteiger partial charge in [0.15, 0.2) is 0 Å². The molecule has 1 atom stereocenters. The van der Waals surface area contributed by atoms with Crippen LogP contribution in [-0.2, 0) is 4.79 Å². The molecule has 0 radical (unpaired) electrons. The second kappa shape index (κ2) is 4.50. The maximum absolute atomic E-state index is 10.5. The van der Waals surface area contributed by atoms with E-state index in [2.05, 4.69) is 5.32 Å². The third-order valence-electron chi connectivity index (χ3n) is 1.81. The Bertz CT molecular complexity index is 272. The van der Waals surface area contributed by atoms with Gasteiger partial charge in [-0.1, -0.05) is 25.1 Å².